The molecule has 0 bridgehead atoms. The second kappa shape index (κ2) is 8.09. The summed E-state index contributed by atoms with van der Waals surface area (Å²) in [6.07, 6.45) is 0. The lowest BCUT2D eigenvalue weighted by Gasteiger charge is -2.30. The largest absolute Gasteiger partial charge is 0.504 e. The van der Waals surface area contributed by atoms with Gasteiger partial charge in [-0.1, -0.05) is 36.4 Å². The van der Waals surface area contributed by atoms with E-state index < -0.39 is 12.0 Å². The normalized spacial score (nSPS) is 16.4. The SMILES string of the molecule is COc1cc(C2NC(=S)NC(C)=C2C(=O)OCc2ccccc2)ccc1O. The van der Waals surface area contributed by atoms with Crippen molar-refractivity contribution in [2.24, 2.45) is 0 Å². The van der Waals surface area contributed by atoms with Crippen molar-refractivity contribution >= 4 is 23.3 Å². The number of hydrogen-bond acceptors (Lipinski definition) is 5. The summed E-state index contributed by atoms with van der Waals surface area (Å²) in [5.74, 6) is -0.115. The van der Waals surface area contributed by atoms with Gasteiger partial charge in [-0.05, 0) is 42.4 Å². The van der Waals surface area contributed by atoms with Gasteiger partial charge in [-0.2, -0.15) is 0 Å². The summed E-state index contributed by atoms with van der Waals surface area (Å²) < 4.78 is 10.7. The smallest absolute Gasteiger partial charge is 0.338 e. The Labute approximate surface area is 162 Å². The number of hydrogen-bond donors (Lipinski definition) is 3. The molecule has 0 fully saturated rings. The number of carbonyl (C=O) groups is 1. The Balaban J connectivity index is 1.88. The predicted octanol–water partition coefficient (Wildman–Crippen LogP) is 2.94. The average molecular weight is 384 g/mol. The first-order valence-electron chi connectivity index (χ1n) is 8.36. The number of benzene rings is 2. The van der Waals surface area contributed by atoms with Crippen LogP contribution in [0.2, 0.25) is 0 Å². The van der Waals surface area contributed by atoms with Gasteiger partial charge in [0.1, 0.15) is 6.61 Å². The van der Waals surface area contributed by atoms with Crippen LogP contribution in [-0.4, -0.2) is 23.3 Å². The zero-order valence-corrected chi connectivity index (χ0v) is 15.8. The molecule has 1 aliphatic heterocycles. The Kier molecular flexibility index (Phi) is 5.61. The molecule has 1 unspecified atom stereocenters. The number of phenolic OH excluding ortho intramolecular Hbond substituents is 1. The molecule has 0 aliphatic carbocycles. The van der Waals surface area contributed by atoms with E-state index in [-0.39, 0.29) is 12.4 Å². The number of rotatable bonds is 5. The number of aromatic hydroxyl groups is 1. The molecule has 2 aromatic rings. The van der Waals surface area contributed by atoms with Crippen molar-refractivity contribution in [3.8, 4) is 11.5 Å². The summed E-state index contributed by atoms with van der Waals surface area (Å²) in [7, 11) is 1.47. The van der Waals surface area contributed by atoms with E-state index in [0.29, 0.717) is 22.1 Å². The summed E-state index contributed by atoms with van der Waals surface area (Å²) in [5.41, 5.74) is 2.67. The van der Waals surface area contributed by atoms with Gasteiger partial charge >= 0.3 is 5.97 Å². The highest BCUT2D eigenvalue weighted by Crippen LogP contribution is 2.33. The Morgan fingerprint density at radius 2 is 1.96 bits per heavy atom. The van der Waals surface area contributed by atoms with Gasteiger partial charge in [0.15, 0.2) is 16.6 Å². The molecule has 7 heteroatoms. The maximum absolute atomic E-state index is 12.8. The maximum Gasteiger partial charge on any atom is 0.338 e. The molecule has 0 aromatic heterocycles. The van der Waals surface area contributed by atoms with E-state index in [2.05, 4.69) is 10.6 Å². The van der Waals surface area contributed by atoms with Gasteiger partial charge in [0, 0.05) is 5.70 Å². The summed E-state index contributed by atoms with van der Waals surface area (Å²) in [5, 5.41) is 16.3. The molecular weight excluding hydrogens is 364 g/mol. The van der Waals surface area contributed by atoms with Gasteiger partial charge in [0.05, 0.1) is 18.7 Å². The van der Waals surface area contributed by atoms with Crippen LogP contribution in [0.15, 0.2) is 59.8 Å². The highest BCUT2D eigenvalue weighted by Gasteiger charge is 2.31. The maximum atomic E-state index is 12.8. The van der Waals surface area contributed by atoms with Crippen LogP contribution in [0.1, 0.15) is 24.1 Å². The molecule has 1 heterocycles. The van der Waals surface area contributed by atoms with Crippen LogP contribution >= 0.6 is 12.2 Å². The first-order valence-corrected chi connectivity index (χ1v) is 8.76. The Hall–Kier alpha value is -3.06. The number of allylic oxidation sites excluding steroid dienone is 1. The zero-order valence-electron chi connectivity index (χ0n) is 15.0. The molecule has 2 aromatic carbocycles. The molecule has 27 heavy (non-hydrogen) atoms. The number of phenols is 1. The summed E-state index contributed by atoms with van der Waals surface area (Å²) >= 11 is 5.24. The highest BCUT2D eigenvalue weighted by atomic mass is 32.1. The predicted molar refractivity (Wildman–Crippen MR) is 105 cm³/mol. The third kappa shape index (κ3) is 4.20. The molecule has 140 valence electrons. The summed E-state index contributed by atoms with van der Waals surface area (Å²) in [6.45, 7) is 1.95. The van der Waals surface area contributed by atoms with Crippen molar-refractivity contribution < 1.29 is 19.4 Å². The number of thiocarbonyl (C=S) groups is 1. The lowest BCUT2D eigenvalue weighted by Crippen LogP contribution is -2.45. The summed E-state index contributed by atoms with van der Waals surface area (Å²) in [6, 6.07) is 13.8. The molecule has 0 radical (unpaired) electrons. The summed E-state index contributed by atoms with van der Waals surface area (Å²) in [4.78, 5) is 12.8. The molecule has 0 spiro atoms. The van der Waals surface area contributed by atoms with Crippen LogP contribution in [0.3, 0.4) is 0 Å². The number of nitrogens with one attached hydrogen (secondary N) is 2. The van der Waals surface area contributed by atoms with Crippen molar-refractivity contribution in [1.82, 2.24) is 10.6 Å². The van der Waals surface area contributed by atoms with Crippen LogP contribution < -0.4 is 15.4 Å². The second-order valence-electron chi connectivity index (χ2n) is 6.06. The van der Waals surface area contributed by atoms with E-state index in [1.807, 2.05) is 30.3 Å². The van der Waals surface area contributed by atoms with Crippen molar-refractivity contribution in [3.05, 3.63) is 70.9 Å². The molecular formula is C20H20N2O4S. The molecule has 0 saturated heterocycles. The lowest BCUT2D eigenvalue weighted by atomic mass is 9.95. The van der Waals surface area contributed by atoms with Crippen LogP contribution in [0, 0.1) is 0 Å². The van der Waals surface area contributed by atoms with Crippen molar-refractivity contribution in [2.75, 3.05) is 7.11 Å². The van der Waals surface area contributed by atoms with Crippen molar-refractivity contribution in [2.45, 2.75) is 19.6 Å². The minimum atomic E-state index is -0.517. The quantitative estimate of drug-likeness (QED) is 0.540. The first kappa shape index (κ1) is 18.7. The van der Waals surface area contributed by atoms with Gasteiger partial charge < -0.3 is 25.2 Å². The van der Waals surface area contributed by atoms with Crippen molar-refractivity contribution in [3.63, 3.8) is 0 Å². The Morgan fingerprint density at radius 3 is 2.67 bits per heavy atom. The first-order chi connectivity index (χ1) is 13.0. The highest BCUT2D eigenvalue weighted by molar-refractivity contribution is 7.80. The number of carbonyl (C=O) groups excluding carboxylic acids is 1. The Morgan fingerprint density at radius 1 is 1.22 bits per heavy atom. The average Bonchev–Trinajstić information content (AvgIpc) is 2.66. The van der Waals surface area contributed by atoms with E-state index in [0.717, 1.165) is 11.1 Å². The van der Waals surface area contributed by atoms with E-state index in [1.54, 1.807) is 19.1 Å². The van der Waals surface area contributed by atoms with Crippen LogP contribution in [-0.2, 0) is 16.1 Å². The Bertz CT molecular complexity index is 896. The fourth-order valence-corrected chi connectivity index (χ4v) is 3.16. The van der Waals surface area contributed by atoms with E-state index in [9.17, 15) is 9.90 Å². The zero-order chi connectivity index (χ0) is 19.4. The van der Waals surface area contributed by atoms with Crippen LogP contribution in [0.4, 0.5) is 0 Å². The van der Waals surface area contributed by atoms with E-state index >= 15 is 0 Å². The number of ether oxygens (including phenoxy) is 2. The van der Waals surface area contributed by atoms with Gasteiger partial charge in [-0.15, -0.1) is 0 Å². The fraction of sp³-hybridized carbons (Fsp3) is 0.200. The van der Waals surface area contributed by atoms with Crippen LogP contribution in [0.25, 0.3) is 0 Å². The second-order valence-corrected chi connectivity index (χ2v) is 6.47. The van der Waals surface area contributed by atoms with Crippen LogP contribution in [0.5, 0.6) is 11.5 Å². The molecule has 1 atom stereocenters. The van der Waals surface area contributed by atoms with E-state index in [4.69, 9.17) is 21.7 Å². The minimum absolute atomic E-state index is 0.0201. The molecule has 0 amide bonds. The topological polar surface area (TPSA) is 79.8 Å². The van der Waals surface area contributed by atoms with Gasteiger partial charge in [0.2, 0.25) is 0 Å². The van der Waals surface area contributed by atoms with E-state index in [1.165, 1.54) is 13.2 Å². The molecule has 0 saturated carbocycles. The molecule has 3 rings (SSSR count). The van der Waals surface area contributed by atoms with Gasteiger partial charge in [0.25, 0.3) is 0 Å². The van der Waals surface area contributed by atoms with Crippen molar-refractivity contribution in [1.29, 1.82) is 0 Å². The molecule has 3 N–H and O–H groups in total. The molecule has 1 aliphatic rings. The number of methoxy groups -OCH3 is 1. The monoisotopic (exact) mass is 384 g/mol. The fourth-order valence-electron chi connectivity index (χ4n) is 2.89. The lowest BCUT2D eigenvalue weighted by molar-refractivity contribution is -0.140. The minimum Gasteiger partial charge on any atom is -0.504 e. The number of esters is 1. The third-order valence-corrected chi connectivity index (χ3v) is 4.46. The van der Waals surface area contributed by atoms with Gasteiger partial charge in [-0.25, -0.2) is 4.79 Å². The standard InChI is InChI=1S/C20H20N2O4S/c1-12-17(19(24)26-11-13-6-4-3-5-7-13)18(22-20(27)21-12)14-8-9-15(23)16(10-14)25-2/h3-10,18,23H,11H2,1-2H3,(H2,21,22,27). The van der Waals surface area contributed by atoms with Gasteiger partial charge in [-0.3, -0.25) is 0 Å². The molecule has 6 nitrogen and oxygen atoms in total. The third-order valence-electron chi connectivity index (χ3n) is 4.24.